The molecule has 212 valence electrons. The van der Waals surface area contributed by atoms with Crippen molar-refractivity contribution < 1.29 is 22.0 Å². The van der Waals surface area contributed by atoms with E-state index in [0.717, 1.165) is 27.3 Å². The van der Waals surface area contributed by atoms with E-state index < -0.39 is 21.7 Å². The van der Waals surface area contributed by atoms with Gasteiger partial charge in [0.1, 0.15) is 22.8 Å². The molecule has 0 radical (unpaired) electrons. The first-order valence-corrected chi connectivity index (χ1v) is 14.8. The predicted molar refractivity (Wildman–Crippen MR) is 160 cm³/mol. The number of aromatic nitrogens is 3. The molecule has 0 atom stereocenters. The van der Waals surface area contributed by atoms with Crippen LogP contribution in [0.15, 0.2) is 83.8 Å². The van der Waals surface area contributed by atoms with Crippen LogP contribution in [0, 0.1) is 12.7 Å². The van der Waals surface area contributed by atoms with Crippen molar-refractivity contribution in [3.63, 3.8) is 0 Å². The zero-order chi connectivity index (χ0) is 29.8. The number of hydrogen-bond donors (Lipinski definition) is 1. The Bertz CT molecular complexity index is 2120. The van der Waals surface area contributed by atoms with Gasteiger partial charge >= 0.3 is 0 Å². The van der Waals surface area contributed by atoms with Gasteiger partial charge in [0.05, 0.1) is 23.2 Å². The molecule has 0 saturated carbocycles. The van der Waals surface area contributed by atoms with Crippen LogP contribution in [0.5, 0.6) is 0 Å². The highest BCUT2D eigenvalue weighted by Gasteiger charge is 2.26. The molecular weight excluding hydrogens is 557 g/mol. The Labute approximate surface area is 241 Å². The second-order valence-corrected chi connectivity index (χ2v) is 12.1. The van der Waals surface area contributed by atoms with Crippen LogP contribution >= 0.6 is 0 Å². The first-order valence-electron chi connectivity index (χ1n) is 13.0. The van der Waals surface area contributed by atoms with Crippen LogP contribution in [0.4, 0.5) is 10.1 Å². The van der Waals surface area contributed by atoms with Crippen LogP contribution in [0.3, 0.4) is 0 Å². The number of hydrogen-bond acceptors (Lipinski definition) is 6. The molecule has 1 amide bonds. The van der Waals surface area contributed by atoms with Gasteiger partial charge in [0.15, 0.2) is 0 Å². The molecule has 0 saturated heterocycles. The number of amides is 1. The van der Waals surface area contributed by atoms with Gasteiger partial charge < -0.3 is 14.1 Å². The summed E-state index contributed by atoms with van der Waals surface area (Å²) in [6.07, 6.45) is 8.26. The van der Waals surface area contributed by atoms with E-state index in [9.17, 15) is 17.6 Å². The molecule has 0 spiro atoms. The van der Waals surface area contributed by atoms with Crippen molar-refractivity contribution in [1.29, 1.82) is 0 Å². The summed E-state index contributed by atoms with van der Waals surface area (Å²) >= 11 is 0. The number of aryl methyl sites for hydroxylation is 1. The fourth-order valence-corrected chi connectivity index (χ4v) is 5.42. The van der Waals surface area contributed by atoms with Crippen LogP contribution in [0.2, 0.25) is 0 Å². The first-order chi connectivity index (χ1) is 20.0. The zero-order valence-electron chi connectivity index (χ0n) is 23.2. The third-order valence-electron chi connectivity index (χ3n) is 7.16. The summed E-state index contributed by atoms with van der Waals surface area (Å²) in [5.41, 5.74) is 5.79. The van der Waals surface area contributed by atoms with E-state index in [4.69, 9.17) is 9.40 Å². The summed E-state index contributed by atoms with van der Waals surface area (Å²) in [6, 6.07) is 14.8. The number of nitrogens with zero attached hydrogens (tertiary/aromatic N) is 4. The van der Waals surface area contributed by atoms with Crippen molar-refractivity contribution in [1.82, 2.24) is 19.7 Å². The third kappa shape index (κ3) is 4.77. The summed E-state index contributed by atoms with van der Waals surface area (Å²) in [6.45, 7) is 2.00. The summed E-state index contributed by atoms with van der Waals surface area (Å²) in [5, 5.41) is 3.11. The predicted octanol–water partition coefficient (Wildman–Crippen LogP) is 5.68. The molecule has 0 aliphatic carbocycles. The quantitative estimate of drug-likeness (QED) is 0.270. The molecule has 2 aromatic carbocycles. The largest absolute Gasteiger partial charge is 0.455 e. The maximum absolute atomic E-state index is 13.7. The number of furan rings is 1. The van der Waals surface area contributed by atoms with Gasteiger partial charge in [-0.25, -0.2) is 17.8 Å². The number of sulfonamides is 1. The number of rotatable bonds is 6. The average Bonchev–Trinajstić information content (AvgIpc) is 3.56. The Balaban J connectivity index is 1.60. The van der Waals surface area contributed by atoms with Crippen molar-refractivity contribution in [2.75, 3.05) is 24.7 Å². The zero-order valence-corrected chi connectivity index (χ0v) is 24.0. The standard InChI is InChI=1S/C31H26FN5O4S/c1-18-9-10-37-17-25(35-28(37)11-18)21-12-20(15-34-16-21)23-13-24-27(14-26(23)36(3)42(4,39)40)41-30(29(24)31(38)33-2)19-5-7-22(32)8-6-19/h5-17H,1-4H3,(H,33,38). The Hall–Kier alpha value is -5.03. The van der Waals surface area contributed by atoms with Gasteiger partial charge in [-0.05, 0) is 61.0 Å². The minimum absolute atomic E-state index is 0.237. The molecule has 4 aromatic heterocycles. The molecule has 0 bridgehead atoms. The van der Waals surface area contributed by atoms with Gasteiger partial charge in [0.2, 0.25) is 10.0 Å². The van der Waals surface area contributed by atoms with Crippen molar-refractivity contribution >= 4 is 38.2 Å². The number of anilines is 1. The molecule has 6 rings (SSSR count). The fourth-order valence-electron chi connectivity index (χ4n) is 4.91. The second kappa shape index (κ2) is 10.1. The number of pyridine rings is 2. The SMILES string of the molecule is CNC(=O)c1c(-c2ccc(F)cc2)oc2cc(N(C)S(C)(=O)=O)c(-c3cncc(-c4cn5ccc(C)cc5n4)c3)cc12. The lowest BCUT2D eigenvalue weighted by atomic mass is 9.98. The van der Waals surface area contributed by atoms with Crippen molar-refractivity contribution in [3.05, 3.63) is 96.3 Å². The number of nitrogens with one attached hydrogen (secondary N) is 1. The summed E-state index contributed by atoms with van der Waals surface area (Å²) in [4.78, 5) is 22.3. The van der Waals surface area contributed by atoms with Crippen LogP contribution in [-0.2, 0) is 10.0 Å². The molecule has 4 heterocycles. The maximum Gasteiger partial charge on any atom is 0.255 e. The molecule has 0 aliphatic heterocycles. The van der Waals surface area contributed by atoms with Crippen LogP contribution in [0.1, 0.15) is 15.9 Å². The van der Waals surface area contributed by atoms with E-state index in [0.29, 0.717) is 39.0 Å². The highest BCUT2D eigenvalue weighted by atomic mass is 32.2. The molecule has 42 heavy (non-hydrogen) atoms. The first kappa shape index (κ1) is 27.2. The van der Waals surface area contributed by atoms with Crippen molar-refractivity contribution in [2.45, 2.75) is 6.92 Å². The van der Waals surface area contributed by atoms with E-state index in [1.165, 1.54) is 38.4 Å². The Morgan fingerprint density at radius 1 is 1.02 bits per heavy atom. The number of benzene rings is 2. The summed E-state index contributed by atoms with van der Waals surface area (Å²) < 4.78 is 48.3. The minimum atomic E-state index is -3.69. The Kier molecular flexibility index (Phi) is 6.53. The topological polar surface area (TPSA) is 110 Å². The van der Waals surface area contributed by atoms with Gasteiger partial charge in [-0.3, -0.25) is 14.1 Å². The molecule has 0 unspecified atom stereocenters. The van der Waals surface area contributed by atoms with Gasteiger partial charge in [-0.2, -0.15) is 0 Å². The van der Waals surface area contributed by atoms with Crippen molar-refractivity contribution in [2.24, 2.45) is 0 Å². The smallest absolute Gasteiger partial charge is 0.255 e. The molecule has 6 aromatic rings. The number of fused-ring (bicyclic) bond motifs is 2. The number of carbonyl (C=O) groups is 1. The third-order valence-corrected chi connectivity index (χ3v) is 8.36. The lowest BCUT2D eigenvalue weighted by Crippen LogP contribution is -2.25. The Morgan fingerprint density at radius 2 is 1.76 bits per heavy atom. The van der Waals surface area contributed by atoms with E-state index in [2.05, 4.69) is 10.3 Å². The lowest BCUT2D eigenvalue weighted by molar-refractivity contribution is 0.0964. The van der Waals surface area contributed by atoms with Crippen molar-refractivity contribution in [3.8, 4) is 33.7 Å². The number of imidazole rings is 1. The van der Waals surface area contributed by atoms with Gasteiger partial charge in [-0.15, -0.1) is 0 Å². The molecule has 0 aliphatic rings. The normalized spacial score (nSPS) is 11.7. The Morgan fingerprint density at radius 3 is 2.48 bits per heavy atom. The van der Waals surface area contributed by atoms with E-state index in [-0.39, 0.29) is 11.3 Å². The highest BCUT2D eigenvalue weighted by Crippen LogP contribution is 2.41. The van der Waals surface area contributed by atoms with Gasteiger partial charge in [0.25, 0.3) is 5.91 Å². The van der Waals surface area contributed by atoms with Gasteiger partial charge in [-0.1, -0.05) is 0 Å². The summed E-state index contributed by atoms with van der Waals surface area (Å²) in [7, 11) is -0.730. The number of halogens is 1. The lowest BCUT2D eigenvalue weighted by Gasteiger charge is -2.20. The molecule has 9 nitrogen and oxygen atoms in total. The van der Waals surface area contributed by atoms with E-state index >= 15 is 0 Å². The second-order valence-electron chi connectivity index (χ2n) is 10.0. The fraction of sp³-hybridized carbons (Fsp3) is 0.129. The van der Waals surface area contributed by atoms with Gasteiger partial charge in [0, 0.05) is 72.6 Å². The van der Waals surface area contributed by atoms with Crippen LogP contribution in [0.25, 0.3) is 50.3 Å². The van der Waals surface area contributed by atoms with Crippen LogP contribution < -0.4 is 9.62 Å². The van der Waals surface area contributed by atoms with E-state index in [1.807, 2.05) is 41.9 Å². The molecule has 1 N–H and O–H groups in total. The molecular formula is C31H26FN5O4S. The maximum atomic E-state index is 13.7. The number of carbonyl (C=O) groups excluding carboxylic acids is 1. The van der Waals surface area contributed by atoms with E-state index in [1.54, 1.807) is 24.5 Å². The monoisotopic (exact) mass is 583 g/mol. The minimum Gasteiger partial charge on any atom is -0.455 e. The average molecular weight is 584 g/mol. The molecule has 11 heteroatoms. The molecule has 0 fully saturated rings. The van der Waals surface area contributed by atoms with Crippen LogP contribution in [-0.4, -0.2) is 49.0 Å². The summed E-state index contributed by atoms with van der Waals surface area (Å²) in [5.74, 6) is -0.597. The highest BCUT2D eigenvalue weighted by molar-refractivity contribution is 7.92.